The van der Waals surface area contributed by atoms with Crippen molar-refractivity contribution < 1.29 is 18.3 Å². The highest BCUT2D eigenvalue weighted by Gasteiger charge is 2.27. The Labute approximate surface area is 148 Å². The largest absolute Gasteiger partial charge is 0.426 e. The molecular weight excluding hydrogens is 322 g/mol. The zero-order valence-corrected chi connectivity index (χ0v) is 15.3. The van der Waals surface area contributed by atoms with Crippen LogP contribution in [0, 0.1) is 6.92 Å². The van der Waals surface area contributed by atoms with Gasteiger partial charge in [-0.05, 0) is 54.3 Å². The second kappa shape index (κ2) is 6.87. The van der Waals surface area contributed by atoms with Gasteiger partial charge in [-0.25, -0.2) is 8.78 Å². The Morgan fingerprint density at radius 2 is 1.52 bits per heavy atom. The normalized spacial score (nSPS) is 12.0. The number of hydrogen-bond acceptors (Lipinski definition) is 2. The van der Waals surface area contributed by atoms with Gasteiger partial charge in [0, 0.05) is 12.5 Å². The molecule has 2 aromatic rings. The molecule has 2 rings (SSSR count). The number of ether oxygens (including phenoxy) is 2. The third-order valence-electron chi connectivity index (χ3n) is 3.83. The first-order valence-corrected chi connectivity index (χ1v) is 8.11. The average Bonchev–Trinajstić information content (AvgIpc) is 2.47. The first kappa shape index (κ1) is 19.0. The van der Waals surface area contributed by atoms with Crippen LogP contribution in [0.5, 0.6) is 11.5 Å². The number of benzene rings is 2. The number of para-hydroxylation sites is 1. The molecule has 0 saturated heterocycles. The molecule has 0 atom stereocenters. The van der Waals surface area contributed by atoms with E-state index in [1.165, 1.54) is 12.1 Å². The minimum absolute atomic E-state index is 0.0331. The minimum Gasteiger partial charge on any atom is -0.426 e. The quantitative estimate of drug-likeness (QED) is 0.589. The lowest BCUT2D eigenvalue weighted by atomic mass is 9.85. The average molecular weight is 346 g/mol. The van der Waals surface area contributed by atoms with Gasteiger partial charge in [0.1, 0.15) is 11.5 Å². The minimum atomic E-state index is -2.96. The molecule has 0 aliphatic carbocycles. The number of rotatable bonds is 5. The highest BCUT2D eigenvalue weighted by atomic mass is 19.3. The molecule has 0 aliphatic rings. The van der Waals surface area contributed by atoms with Gasteiger partial charge < -0.3 is 9.47 Å². The lowest BCUT2D eigenvalue weighted by Gasteiger charge is -2.23. The van der Waals surface area contributed by atoms with E-state index in [0.29, 0.717) is 5.75 Å². The van der Waals surface area contributed by atoms with E-state index < -0.39 is 5.92 Å². The van der Waals surface area contributed by atoms with Gasteiger partial charge in [0.15, 0.2) is 0 Å². The zero-order chi connectivity index (χ0) is 18.8. The van der Waals surface area contributed by atoms with Crippen LogP contribution in [0.1, 0.15) is 44.4 Å². The van der Waals surface area contributed by atoms with Crippen LogP contribution in [0.25, 0.3) is 0 Å². The van der Waals surface area contributed by atoms with E-state index in [4.69, 9.17) is 9.47 Å². The smallest absolute Gasteiger partial charge is 0.282 e. The van der Waals surface area contributed by atoms with E-state index in [1.807, 2.05) is 45.9 Å². The van der Waals surface area contributed by atoms with E-state index in [9.17, 15) is 8.78 Å². The summed E-state index contributed by atoms with van der Waals surface area (Å²) >= 11 is 0. The lowest BCUT2D eigenvalue weighted by Crippen LogP contribution is -2.15. The molecule has 134 valence electrons. The van der Waals surface area contributed by atoms with E-state index >= 15 is 0 Å². The highest BCUT2D eigenvalue weighted by Crippen LogP contribution is 2.35. The maximum atomic E-state index is 13.8. The molecule has 2 aromatic carbocycles. The summed E-state index contributed by atoms with van der Waals surface area (Å²) in [6.45, 7) is 12.4. The Morgan fingerprint density at radius 3 is 2.08 bits per heavy atom. The second-order valence-corrected chi connectivity index (χ2v) is 7.23. The number of aryl methyl sites for hydroxylation is 1. The van der Waals surface area contributed by atoms with Crippen molar-refractivity contribution in [2.24, 2.45) is 0 Å². The van der Waals surface area contributed by atoms with Crippen LogP contribution in [0.4, 0.5) is 8.78 Å². The molecule has 2 nitrogen and oxygen atoms in total. The van der Waals surface area contributed by atoms with E-state index in [0.717, 1.165) is 18.1 Å². The second-order valence-electron chi connectivity index (χ2n) is 7.23. The molecule has 0 heterocycles. The molecule has 0 amide bonds. The van der Waals surface area contributed by atoms with Crippen molar-refractivity contribution in [3.05, 3.63) is 71.7 Å². The van der Waals surface area contributed by atoms with Crippen molar-refractivity contribution in [1.82, 2.24) is 0 Å². The van der Waals surface area contributed by atoms with Gasteiger partial charge in [-0.15, -0.1) is 0 Å². The van der Waals surface area contributed by atoms with Crippen LogP contribution in [0.15, 0.2) is 55.0 Å². The van der Waals surface area contributed by atoms with Crippen molar-refractivity contribution in [1.29, 1.82) is 0 Å². The van der Waals surface area contributed by atoms with Crippen molar-refractivity contribution >= 4 is 0 Å². The third kappa shape index (κ3) is 5.05. The van der Waals surface area contributed by atoms with E-state index in [2.05, 4.69) is 6.58 Å². The van der Waals surface area contributed by atoms with Crippen LogP contribution >= 0.6 is 0 Å². The lowest BCUT2D eigenvalue weighted by molar-refractivity contribution is 0.0170. The molecule has 0 aliphatic heterocycles. The molecule has 0 radical (unpaired) electrons. The first-order valence-electron chi connectivity index (χ1n) is 8.11. The van der Waals surface area contributed by atoms with Crippen LogP contribution < -0.4 is 9.47 Å². The van der Waals surface area contributed by atoms with Gasteiger partial charge in [-0.1, -0.05) is 39.0 Å². The van der Waals surface area contributed by atoms with Crippen LogP contribution in [0.2, 0.25) is 0 Å². The topological polar surface area (TPSA) is 18.5 Å². The number of halogens is 2. The molecule has 4 heteroatoms. The van der Waals surface area contributed by atoms with Crippen molar-refractivity contribution in [3.8, 4) is 11.5 Å². The standard InChI is InChI=1S/C21H24F2O2/c1-14-9-7-8-10-19(14)25-15(2)24-18-12-16(20(3,4)5)11-17(13-18)21(6,22)23/h7-13H,2H2,1,3-6H3. The third-order valence-corrected chi connectivity index (χ3v) is 3.83. The Balaban J connectivity index is 2.29. The van der Waals surface area contributed by atoms with E-state index in [1.54, 1.807) is 12.1 Å². The SMILES string of the molecule is C=C(Oc1cc(C(C)(C)C)cc(C(C)(F)F)c1)Oc1ccccc1C. The Bertz CT molecular complexity index is 736. The Kier molecular flexibility index (Phi) is 5.21. The van der Waals surface area contributed by atoms with Crippen molar-refractivity contribution in [3.63, 3.8) is 0 Å². The summed E-state index contributed by atoms with van der Waals surface area (Å²) in [6.07, 6.45) is 0. The van der Waals surface area contributed by atoms with Gasteiger partial charge in [-0.3, -0.25) is 0 Å². The first-order chi connectivity index (χ1) is 11.5. The molecule has 0 bridgehead atoms. The monoisotopic (exact) mass is 346 g/mol. The molecule has 0 N–H and O–H groups in total. The molecule has 0 spiro atoms. The molecule has 0 saturated carbocycles. The fraction of sp³-hybridized carbons (Fsp3) is 0.333. The molecule has 25 heavy (non-hydrogen) atoms. The summed E-state index contributed by atoms with van der Waals surface area (Å²) in [7, 11) is 0. The summed E-state index contributed by atoms with van der Waals surface area (Å²) in [4.78, 5) is 0. The Morgan fingerprint density at radius 1 is 0.920 bits per heavy atom. The van der Waals surface area contributed by atoms with Crippen LogP contribution in [0.3, 0.4) is 0 Å². The maximum Gasteiger partial charge on any atom is 0.282 e. The predicted octanol–water partition coefficient (Wildman–Crippen LogP) is 6.33. The van der Waals surface area contributed by atoms with Gasteiger partial charge in [0.2, 0.25) is 0 Å². The van der Waals surface area contributed by atoms with Gasteiger partial charge in [-0.2, -0.15) is 0 Å². The van der Waals surface area contributed by atoms with Crippen LogP contribution in [-0.4, -0.2) is 0 Å². The Hall–Kier alpha value is -2.36. The summed E-state index contributed by atoms with van der Waals surface area (Å²) < 4.78 is 38.9. The van der Waals surface area contributed by atoms with Gasteiger partial charge in [0.05, 0.1) is 0 Å². The summed E-state index contributed by atoms with van der Waals surface area (Å²) in [5.41, 5.74) is 1.29. The van der Waals surface area contributed by atoms with Crippen molar-refractivity contribution in [2.75, 3.05) is 0 Å². The zero-order valence-electron chi connectivity index (χ0n) is 15.3. The summed E-state index contributed by atoms with van der Waals surface area (Å²) in [6, 6.07) is 12.0. The van der Waals surface area contributed by atoms with Crippen LogP contribution in [-0.2, 0) is 11.3 Å². The summed E-state index contributed by atoms with van der Waals surface area (Å²) in [5.74, 6) is -2.04. The molecular formula is C21H24F2O2. The highest BCUT2D eigenvalue weighted by molar-refractivity contribution is 5.40. The fourth-order valence-corrected chi connectivity index (χ4v) is 2.29. The fourth-order valence-electron chi connectivity index (χ4n) is 2.29. The molecule has 0 fully saturated rings. The molecule has 0 unspecified atom stereocenters. The maximum absolute atomic E-state index is 13.8. The number of hydrogen-bond donors (Lipinski definition) is 0. The molecule has 0 aromatic heterocycles. The number of alkyl halides is 2. The van der Waals surface area contributed by atoms with Gasteiger partial charge >= 0.3 is 0 Å². The summed E-state index contributed by atoms with van der Waals surface area (Å²) in [5, 5.41) is 0. The van der Waals surface area contributed by atoms with Crippen molar-refractivity contribution in [2.45, 2.75) is 46.0 Å². The van der Waals surface area contributed by atoms with Gasteiger partial charge in [0.25, 0.3) is 11.9 Å². The van der Waals surface area contributed by atoms with E-state index in [-0.39, 0.29) is 22.7 Å². The predicted molar refractivity (Wildman–Crippen MR) is 96.3 cm³/mol.